The molecule has 0 saturated carbocycles. The first-order valence-corrected chi connectivity index (χ1v) is 11.7. The Bertz CT molecular complexity index is 1560. The molecule has 182 valence electrons. The molecule has 0 radical (unpaired) electrons. The Morgan fingerprint density at radius 1 is 1.06 bits per heavy atom. The minimum Gasteiger partial charge on any atom is -0.348 e. The number of aromatic nitrogens is 5. The lowest BCUT2D eigenvalue weighted by Crippen LogP contribution is -2.23. The second kappa shape index (κ2) is 9.03. The van der Waals surface area contributed by atoms with Crippen LogP contribution in [0.4, 0.5) is 4.39 Å². The number of carbonyl (C=O) groups excluding carboxylic acids is 1. The minimum atomic E-state index is -0.411. The highest BCUT2D eigenvalue weighted by Crippen LogP contribution is 2.30. The van der Waals surface area contributed by atoms with Crippen LogP contribution in [-0.2, 0) is 19.0 Å². The van der Waals surface area contributed by atoms with Gasteiger partial charge in [0.2, 0.25) is 0 Å². The van der Waals surface area contributed by atoms with Gasteiger partial charge in [0.25, 0.3) is 5.91 Å². The third-order valence-electron chi connectivity index (χ3n) is 6.22. The van der Waals surface area contributed by atoms with E-state index in [0.717, 1.165) is 22.2 Å². The van der Waals surface area contributed by atoms with Crippen molar-refractivity contribution in [1.29, 1.82) is 0 Å². The Labute approximate surface area is 208 Å². The van der Waals surface area contributed by atoms with E-state index in [9.17, 15) is 4.79 Å². The average molecular weight is 483 g/mol. The zero-order valence-corrected chi connectivity index (χ0v) is 20.6. The number of amides is 1. The van der Waals surface area contributed by atoms with Crippen LogP contribution in [0.5, 0.6) is 0 Å². The Hall–Kier alpha value is -4.33. The van der Waals surface area contributed by atoms with Gasteiger partial charge in [-0.3, -0.25) is 9.48 Å². The highest BCUT2D eigenvalue weighted by molar-refractivity contribution is 5.95. The van der Waals surface area contributed by atoms with Crippen LogP contribution < -0.4 is 5.32 Å². The summed E-state index contributed by atoms with van der Waals surface area (Å²) >= 11 is 0. The number of fused-ring (bicyclic) bond motifs is 1. The first-order chi connectivity index (χ1) is 17.2. The summed E-state index contributed by atoms with van der Waals surface area (Å²) in [6, 6.07) is 14.4. The summed E-state index contributed by atoms with van der Waals surface area (Å²) in [6.07, 6.45) is 5.12. The summed E-state index contributed by atoms with van der Waals surface area (Å²) in [5, 5.41) is 7.81. The molecular formula is C28H27FN6O. The molecule has 3 heterocycles. The van der Waals surface area contributed by atoms with E-state index in [1.807, 2.05) is 31.4 Å². The van der Waals surface area contributed by atoms with Crippen LogP contribution in [0, 0.1) is 5.82 Å². The zero-order chi connectivity index (χ0) is 25.4. The Balaban J connectivity index is 1.34. The topological polar surface area (TPSA) is 88.5 Å². The van der Waals surface area contributed by atoms with Gasteiger partial charge in [-0.1, -0.05) is 45.0 Å². The van der Waals surface area contributed by atoms with Crippen LogP contribution in [-0.4, -0.2) is 30.6 Å². The molecule has 0 unspecified atom stereocenters. The molecule has 5 aromatic rings. The van der Waals surface area contributed by atoms with Crippen molar-refractivity contribution in [3.05, 3.63) is 89.8 Å². The summed E-state index contributed by atoms with van der Waals surface area (Å²) in [4.78, 5) is 24.6. The lowest BCUT2D eigenvalue weighted by atomic mass is 9.87. The number of aryl methyl sites for hydroxylation is 1. The molecule has 0 atom stereocenters. The molecule has 0 saturated heterocycles. The van der Waals surface area contributed by atoms with Gasteiger partial charge in [0.05, 0.1) is 17.6 Å². The Morgan fingerprint density at radius 2 is 1.83 bits per heavy atom. The number of carbonyl (C=O) groups is 1. The van der Waals surface area contributed by atoms with Gasteiger partial charge < -0.3 is 10.3 Å². The second-order valence-electron chi connectivity index (χ2n) is 9.89. The van der Waals surface area contributed by atoms with Crippen molar-refractivity contribution < 1.29 is 9.18 Å². The molecule has 8 heteroatoms. The third-order valence-corrected chi connectivity index (χ3v) is 6.22. The zero-order valence-electron chi connectivity index (χ0n) is 20.6. The predicted molar refractivity (Wildman–Crippen MR) is 138 cm³/mol. The smallest absolute Gasteiger partial charge is 0.251 e. The number of hydrogen-bond acceptors (Lipinski definition) is 4. The molecule has 2 aromatic carbocycles. The van der Waals surface area contributed by atoms with Crippen molar-refractivity contribution >= 4 is 16.9 Å². The summed E-state index contributed by atoms with van der Waals surface area (Å²) in [5.41, 5.74) is 5.79. The fourth-order valence-corrected chi connectivity index (χ4v) is 4.12. The van der Waals surface area contributed by atoms with E-state index >= 15 is 4.39 Å². The van der Waals surface area contributed by atoms with E-state index in [2.05, 4.69) is 46.1 Å². The van der Waals surface area contributed by atoms with E-state index in [0.29, 0.717) is 28.0 Å². The van der Waals surface area contributed by atoms with Crippen LogP contribution in [0.25, 0.3) is 33.5 Å². The molecule has 3 aromatic heterocycles. The number of benzene rings is 2. The molecule has 0 bridgehead atoms. The Morgan fingerprint density at radius 3 is 2.50 bits per heavy atom. The monoisotopic (exact) mass is 482 g/mol. The fraction of sp³-hybridized carbons (Fsp3) is 0.214. The highest BCUT2D eigenvalue weighted by Gasteiger charge is 2.16. The number of halogens is 1. The fourth-order valence-electron chi connectivity index (χ4n) is 4.12. The molecule has 0 aliphatic heterocycles. The van der Waals surface area contributed by atoms with Gasteiger partial charge in [-0.2, -0.15) is 5.10 Å². The SMILES string of the molecule is Cn1cc(-c2cc3c(-c4ccc(CNC(=O)c5ccc(C(C)(C)C)cc5)c(F)c4)ncnc3[nH]2)cn1. The van der Waals surface area contributed by atoms with Gasteiger partial charge in [-0.05, 0) is 35.2 Å². The van der Waals surface area contributed by atoms with Crippen molar-refractivity contribution in [2.45, 2.75) is 32.7 Å². The van der Waals surface area contributed by atoms with Gasteiger partial charge in [0, 0.05) is 47.4 Å². The maximum absolute atomic E-state index is 15.0. The number of nitrogens with zero attached hydrogens (tertiary/aromatic N) is 4. The van der Waals surface area contributed by atoms with Crippen molar-refractivity contribution in [3.63, 3.8) is 0 Å². The Kier molecular flexibility index (Phi) is 5.88. The average Bonchev–Trinajstić information content (AvgIpc) is 3.48. The molecule has 36 heavy (non-hydrogen) atoms. The number of rotatable bonds is 5. The number of hydrogen-bond donors (Lipinski definition) is 2. The van der Waals surface area contributed by atoms with Crippen molar-refractivity contribution in [2.75, 3.05) is 0 Å². The van der Waals surface area contributed by atoms with E-state index < -0.39 is 5.82 Å². The summed E-state index contributed by atoms with van der Waals surface area (Å²) in [7, 11) is 1.85. The van der Waals surface area contributed by atoms with E-state index in [4.69, 9.17) is 0 Å². The van der Waals surface area contributed by atoms with Gasteiger partial charge in [0.1, 0.15) is 17.8 Å². The van der Waals surface area contributed by atoms with Gasteiger partial charge in [0.15, 0.2) is 0 Å². The minimum absolute atomic E-state index is 0.00977. The summed E-state index contributed by atoms with van der Waals surface area (Å²) < 4.78 is 16.8. The molecule has 0 aliphatic carbocycles. The lowest BCUT2D eigenvalue weighted by molar-refractivity contribution is 0.0950. The van der Waals surface area contributed by atoms with Gasteiger partial charge in [-0.25, -0.2) is 14.4 Å². The number of H-pyrrole nitrogens is 1. The van der Waals surface area contributed by atoms with E-state index in [1.165, 1.54) is 12.4 Å². The van der Waals surface area contributed by atoms with E-state index in [1.54, 1.807) is 35.1 Å². The van der Waals surface area contributed by atoms with Crippen molar-refractivity contribution in [3.8, 4) is 22.5 Å². The largest absolute Gasteiger partial charge is 0.348 e. The maximum Gasteiger partial charge on any atom is 0.251 e. The van der Waals surface area contributed by atoms with Crippen LogP contribution in [0.15, 0.2) is 67.3 Å². The normalized spacial score (nSPS) is 11.7. The van der Waals surface area contributed by atoms with Crippen LogP contribution in [0.1, 0.15) is 42.3 Å². The maximum atomic E-state index is 15.0. The molecule has 7 nitrogen and oxygen atoms in total. The first-order valence-electron chi connectivity index (χ1n) is 11.7. The van der Waals surface area contributed by atoms with Gasteiger partial charge in [-0.15, -0.1) is 0 Å². The standard InChI is InChI=1S/C28H27FN6O/c1-28(2,3)21-9-7-17(8-10-21)27(36)30-13-19-6-5-18(11-23(19)29)25-22-12-24(20-14-33-35(4)15-20)34-26(22)32-16-31-25/h5-12,14-16H,13H2,1-4H3,(H,30,36)(H,31,32,34). The van der Waals surface area contributed by atoms with Crippen LogP contribution >= 0.6 is 0 Å². The molecule has 1 amide bonds. The van der Waals surface area contributed by atoms with Crippen molar-refractivity contribution in [2.24, 2.45) is 7.05 Å². The lowest BCUT2D eigenvalue weighted by Gasteiger charge is -2.19. The molecule has 2 N–H and O–H groups in total. The second-order valence-corrected chi connectivity index (χ2v) is 9.89. The van der Waals surface area contributed by atoms with Crippen molar-refractivity contribution in [1.82, 2.24) is 30.0 Å². The molecule has 0 spiro atoms. The van der Waals surface area contributed by atoms with Crippen LogP contribution in [0.3, 0.4) is 0 Å². The summed E-state index contributed by atoms with van der Waals surface area (Å²) in [6.45, 7) is 6.45. The first kappa shape index (κ1) is 23.4. The molecule has 0 aliphatic rings. The molecule has 5 rings (SSSR count). The van der Waals surface area contributed by atoms with Gasteiger partial charge >= 0.3 is 0 Å². The van der Waals surface area contributed by atoms with E-state index in [-0.39, 0.29) is 17.9 Å². The predicted octanol–water partition coefficient (Wildman–Crippen LogP) is 5.39. The quantitative estimate of drug-likeness (QED) is 0.351. The van der Waals surface area contributed by atoms with Crippen LogP contribution in [0.2, 0.25) is 0 Å². The highest BCUT2D eigenvalue weighted by atomic mass is 19.1. The molecular weight excluding hydrogens is 455 g/mol. The third kappa shape index (κ3) is 4.62. The summed E-state index contributed by atoms with van der Waals surface area (Å²) in [5.74, 6) is -0.655. The molecule has 0 fully saturated rings. The number of aromatic amines is 1. The number of nitrogens with one attached hydrogen (secondary N) is 2.